The maximum atomic E-state index is 12.2. The Morgan fingerprint density at radius 1 is 1.13 bits per heavy atom. The number of H-pyrrole nitrogens is 2. The summed E-state index contributed by atoms with van der Waals surface area (Å²) in [6, 6.07) is 8.47. The molecule has 2 N–H and O–H groups in total. The first-order valence-electron chi connectivity index (χ1n) is 11.8. The number of ether oxygens (including phenoxy) is 1. The van der Waals surface area contributed by atoms with Crippen molar-refractivity contribution in [1.29, 1.82) is 0 Å². The number of Topliss-reactive ketones (excluding diaryl/α,β-unsaturated/α-hetero) is 1. The minimum Gasteiger partial charge on any atom is -0.362 e. The molecule has 1 fully saturated rings. The average molecular weight is 420 g/mol. The van der Waals surface area contributed by atoms with E-state index >= 15 is 0 Å². The van der Waals surface area contributed by atoms with Crippen LogP contribution in [0.25, 0.3) is 0 Å². The fourth-order valence-corrected chi connectivity index (χ4v) is 5.91. The Labute approximate surface area is 184 Å². The van der Waals surface area contributed by atoms with Gasteiger partial charge in [0.1, 0.15) is 5.78 Å². The topological polar surface area (TPSA) is 70.2 Å². The third-order valence-electron chi connectivity index (χ3n) is 7.55. The van der Waals surface area contributed by atoms with Crippen molar-refractivity contribution in [1.82, 2.24) is 9.97 Å². The smallest absolute Gasteiger partial charge is 0.190 e. The third kappa shape index (κ3) is 3.53. The number of ketones is 1. The van der Waals surface area contributed by atoms with Crippen LogP contribution in [0.1, 0.15) is 82.3 Å². The minimum atomic E-state index is -0.672. The van der Waals surface area contributed by atoms with E-state index in [9.17, 15) is 4.79 Å². The normalized spacial score (nSPS) is 31.9. The van der Waals surface area contributed by atoms with Crippen LogP contribution in [0.2, 0.25) is 0 Å². The zero-order valence-electron chi connectivity index (χ0n) is 18.8. The molecule has 2 aromatic heterocycles. The van der Waals surface area contributed by atoms with Crippen molar-refractivity contribution in [2.45, 2.75) is 83.5 Å². The Hall–Kier alpha value is -2.40. The molecule has 5 heteroatoms. The van der Waals surface area contributed by atoms with Gasteiger partial charge in [0.2, 0.25) is 0 Å². The average Bonchev–Trinajstić information content (AvgIpc) is 3.47. The van der Waals surface area contributed by atoms with E-state index in [1.807, 2.05) is 12.3 Å². The van der Waals surface area contributed by atoms with E-state index in [0.29, 0.717) is 24.5 Å². The highest BCUT2D eigenvalue weighted by Crippen LogP contribution is 2.54. The molecule has 2 bridgehead atoms. The van der Waals surface area contributed by atoms with Crippen molar-refractivity contribution in [3.8, 4) is 0 Å². The zero-order chi connectivity index (χ0) is 21.6. The number of aryl methyl sites for hydroxylation is 1. The molecule has 2 unspecified atom stereocenters. The lowest BCUT2D eigenvalue weighted by atomic mass is 9.71. The lowest BCUT2D eigenvalue weighted by Gasteiger charge is -2.47. The Bertz CT molecular complexity index is 1030. The molecule has 5 nitrogen and oxygen atoms in total. The second-order valence-corrected chi connectivity index (χ2v) is 9.62. The van der Waals surface area contributed by atoms with E-state index in [0.717, 1.165) is 49.2 Å². The van der Waals surface area contributed by atoms with Gasteiger partial charge < -0.3 is 14.7 Å². The van der Waals surface area contributed by atoms with Crippen LogP contribution < -0.4 is 0 Å². The molecule has 1 saturated heterocycles. The number of rotatable bonds is 1. The van der Waals surface area contributed by atoms with E-state index in [2.05, 4.69) is 48.9 Å². The quantitative estimate of drug-likeness (QED) is 0.644. The molecule has 0 radical (unpaired) electrons. The second-order valence-electron chi connectivity index (χ2n) is 9.62. The number of aliphatic imine (C=N–C) groups is 1. The van der Waals surface area contributed by atoms with Crippen LogP contribution in [0.5, 0.6) is 0 Å². The molecule has 0 aliphatic carbocycles. The van der Waals surface area contributed by atoms with E-state index in [1.165, 1.54) is 16.8 Å². The van der Waals surface area contributed by atoms with Crippen molar-refractivity contribution in [2.75, 3.05) is 0 Å². The lowest BCUT2D eigenvalue weighted by molar-refractivity contribution is -0.129. The van der Waals surface area contributed by atoms with Gasteiger partial charge in [-0.25, -0.2) is 4.99 Å². The lowest BCUT2D eigenvalue weighted by Crippen LogP contribution is -2.49. The molecule has 0 aromatic carbocycles. The molecule has 164 valence electrons. The number of nitrogens with zero attached hydrogens (tertiary/aromatic N) is 1. The molecular weight excluding hydrogens is 386 g/mol. The largest absolute Gasteiger partial charge is 0.362 e. The summed E-state index contributed by atoms with van der Waals surface area (Å²) < 4.78 is 6.79. The Morgan fingerprint density at radius 2 is 2.00 bits per heavy atom. The van der Waals surface area contributed by atoms with Crippen LogP contribution in [0.15, 0.2) is 46.6 Å². The first-order chi connectivity index (χ1) is 15.0. The van der Waals surface area contributed by atoms with Crippen molar-refractivity contribution >= 4 is 11.5 Å². The summed E-state index contributed by atoms with van der Waals surface area (Å²) in [5, 5.41) is 0. The minimum absolute atomic E-state index is 0.139. The first kappa shape index (κ1) is 20.5. The van der Waals surface area contributed by atoms with Gasteiger partial charge in [-0.3, -0.25) is 4.79 Å². The maximum absolute atomic E-state index is 12.2. The molecule has 3 aliphatic rings. The third-order valence-corrected chi connectivity index (χ3v) is 7.55. The Kier molecular flexibility index (Phi) is 5.25. The number of fused-ring (bicyclic) bond motifs is 5. The van der Waals surface area contributed by atoms with Gasteiger partial charge >= 0.3 is 0 Å². The number of carbonyl (C=O) groups excluding carboxylic acids is 1. The summed E-state index contributed by atoms with van der Waals surface area (Å²) in [6.07, 6.45) is 8.39. The number of carbonyl (C=O) groups is 1. The van der Waals surface area contributed by atoms with Crippen LogP contribution in [-0.2, 0) is 16.0 Å². The van der Waals surface area contributed by atoms with Gasteiger partial charge in [0, 0.05) is 30.4 Å². The molecular formula is C26H33N3O2. The summed E-state index contributed by atoms with van der Waals surface area (Å²) in [5.41, 5.74) is 6.15. The summed E-state index contributed by atoms with van der Waals surface area (Å²) in [7, 11) is 0. The summed E-state index contributed by atoms with van der Waals surface area (Å²) in [6.45, 7) is 6.55. The van der Waals surface area contributed by atoms with E-state index in [4.69, 9.17) is 9.73 Å². The number of hydrogen-bond donors (Lipinski definition) is 2. The fraction of sp³-hybridized carbons (Fsp3) is 0.538. The summed E-state index contributed by atoms with van der Waals surface area (Å²) in [5.74, 6) is 0.990. The van der Waals surface area contributed by atoms with Crippen LogP contribution in [0.4, 0.5) is 0 Å². The molecule has 0 amide bonds. The standard InChI is InChI=1S/C26H33N3O2/c1-16-15-19-7-4-5-8-21(30)12-10-20-11-13-22(28-20)24(19)26(31-16)18(3)17(2)25(29-26)23-9-6-14-27-23/h6,9,11,13-14,16,19,24,27-28H,4-5,7-8,10,12,15H2,1-3H3/t16?,19-,24-,26?/m0/s1. The van der Waals surface area contributed by atoms with Gasteiger partial charge in [-0.2, -0.15) is 0 Å². The van der Waals surface area contributed by atoms with Crippen LogP contribution in [0.3, 0.4) is 0 Å². The van der Waals surface area contributed by atoms with Gasteiger partial charge in [-0.05, 0) is 87.8 Å². The maximum Gasteiger partial charge on any atom is 0.190 e. The first-order valence-corrected chi connectivity index (χ1v) is 11.8. The molecule has 3 aliphatic heterocycles. The predicted octanol–water partition coefficient (Wildman–Crippen LogP) is 5.46. The van der Waals surface area contributed by atoms with Crippen molar-refractivity contribution in [3.63, 3.8) is 0 Å². The van der Waals surface area contributed by atoms with Crippen molar-refractivity contribution in [3.05, 3.63) is 58.7 Å². The molecule has 5 heterocycles. The number of allylic oxidation sites excluding steroid dienone is 1. The molecule has 0 saturated carbocycles. The highest BCUT2D eigenvalue weighted by molar-refractivity contribution is 6.13. The zero-order valence-corrected chi connectivity index (χ0v) is 18.8. The molecule has 5 rings (SSSR count). The predicted molar refractivity (Wildman–Crippen MR) is 122 cm³/mol. The number of aromatic nitrogens is 2. The summed E-state index contributed by atoms with van der Waals surface area (Å²) in [4.78, 5) is 24.6. The fourth-order valence-electron chi connectivity index (χ4n) is 5.91. The molecule has 1 spiro atoms. The summed E-state index contributed by atoms with van der Waals surface area (Å²) >= 11 is 0. The van der Waals surface area contributed by atoms with Crippen molar-refractivity contribution < 1.29 is 9.53 Å². The Morgan fingerprint density at radius 3 is 2.81 bits per heavy atom. The number of hydrogen-bond acceptors (Lipinski definition) is 3. The van der Waals surface area contributed by atoms with Gasteiger partial charge in [-0.1, -0.05) is 6.42 Å². The van der Waals surface area contributed by atoms with Crippen LogP contribution in [0, 0.1) is 5.92 Å². The molecule has 4 atom stereocenters. The highest BCUT2D eigenvalue weighted by atomic mass is 16.5. The van der Waals surface area contributed by atoms with Crippen LogP contribution in [-0.4, -0.2) is 33.3 Å². The molecule has 31 heavy (non-hydrogen) atoms. The van der Waals surface area contributed by atoms with Gasteiger partial charge in [0.15, 0.2) is 5.72 Å². The van der Waals surface area contributed by atoms with E-state index in [-0.39, 0.29) is 12.0 Å². The Balaban J connectivity index is 1.63. The van der Waals surface area contributed by atoms with Gasteiger partial charge in [-0.15, -0.1) is 0 Å². The van der Waals surface area contributed by atoms with Crippen molar-refractivity contribution in [2.24, 2.45) is 10.9 Å². The second kappa shape index (κ2) is 7.94. The highest BCUT2D eigenvalue weighted by Gasteiger charge is 2.54. The van der Waals surface area contributed by atoms with E-state index < -0.39 is 5.72 Å². The monoisotopic (exact) mass is 419 g/mol. The number of aromatic amines is 2. The SMILES string of the molecule is CC1=C(C)C2(N=C1c1ccc[nH]1)OC(C)C[C@@H]1CCCCC(=O)CCc3ccc([nH]3)[C@H]12. The van der Waals surface area contributed by atoms with Gasteiger partial charge in [0.05, 0.1) is 23.4 Å². The van der Waals surface area contributed by atoms with E-state index in [1.54, 1.807) is 0 Å². The molecule has 2 aromatic rings. The number of nitrogens with one attached hydrogen (secondary N) is 2. The van der Waals surface area contributed by atoms with Gasteiger partial charge in [0.25, 0.3) is 0 Å². The van der Waals surface area contributed by atoms with Crippen LogP contribution >= 0.6 is 0 Å².